The number of ether oxygens (including phenoxy) is 1. The van der Waals surface area contributed by atoms with E-state index in [-0.39, 0.29) is 24.4 Å². The molecule has 0 bridgehead atoms. The van der Waals surface area contributed by atoms with Gasteiger partial charge in [-0.15, -0.1) is 0 Å². The fourth-order valence-electron chi connectivity index (χ4n) is 3.53. The molecule has 0 heterocycles. The molecule has 0 spiro atoms. The molecular weight excluding hydrogens is 402 g/mol. The lowest BCUT2D eigenvalue weighted by atomic mass is 9.69. The number of hydrogen-bond acceptors (Lipinski definition) is 3. The largest absolute Gasteiger partial charge is 0.465 e. The molecule has 1 rings (SSSR count). The molecule has 0 aromatic rings. The van der Waals surface area contributed by atoms with E-state index in [2.05, 4.69) is 0 Å². The average molecular weight is 434 g/mol. The highest BCUT2D eigenvalue weighted by Gasteiger charge is 2.70. The van der Waals surface area contributed by atoms with Crippen LogP contribution in [0.1, 0.15) is 73.1 Å². The third-order valence-corrected chi connectivity index (χ3v) is 6.65. The van der Waals surface area contributed by atoms with Gasteiger partial charge in [0.05, 0.1) is 12.0 Å². The molecule has 29 heavy (non-hydrogen) atoms. The summed E-state index contributed by atoms with van der Waals surface area (Å²) in [5.74, 6) is -1.65. The van der Waals surface area contributed by atoms with Gasteiger partial charge >= 0.3 is 18.3 Å². The van der Waals surface area contributed by atoms with E-state index in [1.807, 2.05) is 20.8 Å². The smallest absolute Gasteiger partial charge is 0.426 e. The normalized spacial score (nSPS) is 22.1. The van der Waals surface area contributed by atoms with E-state index in [9.17, 15) is 36.2 Å². The second-order valence-corrected chi connectivity index (χ2v) is 9.66. The molecule has 1 aliphatic carbocycles. The van der Waals surface area contributed by atoms with Crippen molar-refractivity contribution in [3.05, 3.63) is 0 Å². The molecule has 1 N–H and O–H groups in total. The lowest BCUT2D eigenvalue weighted by Gasteiger charge is -2.36. The second-order valence-electron chi connectivity index (χ2n) is 9.66. The van der Waals surface area contributed by atoms with Gasteiger partial charge in [0.25, 0.3) is 5.60 Å². The minimum Gasteiger partial charge on any atom is -0.465 e. The molecule has 0 aliphatic heterocycles. The number of esters is 1. The van der Waals surface area contributed by atoms with Crippen molar-refractivity contribution >= 4 is 5.97 Å². The lowest BCUT2D eigenvalue weighted by molar-refractivity contribution is -0.373. The summed E-state index contributed by atoms with van der Waals surface area (Å²) in [5, 5.41) is 9.45. The molecule has 172 valence electrons. The zero-order chi connectivity index (χ0) is 22.9. The Balaban J connectivity index is 2.65. The highest BCUT2D eigenvalue weighted by Crippen LogP contribution is 2.50. The molecule has 0 amide bonds. The number of halogens is 6. The van der Waals surface area contributed by atoms with Gasteiger partial charge in [0, 0.05) is 0 Å². The van der Waals surface area contributed by atoms with Crippen LogP contribution in [-0.4, -0.2) is 35.6 Å². The number of carbonyl (C=O) groups excluding carboxylic acids is 1. The van der Waals surface area contributed by atoms with E-state index in [0.717, 1.165) is 0 Å². The predicted octanol–water partition coefficient (Wildman–Crippen LogP) is 6.04. The summed E-state index contributed by atoms with van der Waals surface area (Å²) in [5.41, 5.74) is -5.77. The van der Waals surface area contributed by atoms with Crippen LogP contribution in [0.15, 0.2) is 0 Å². The van der Waals surface area contributed by atoms with Crippen molar-refractivity contribution in [1.29, 1.82) is 0 Å². The molecule has 2 unspecified atom stereocenters. The number of rotatable bonds is 7. The number of alkyl halides is 6. The van der Waals surface area contributed by atoms with Crippen LogP contribution in [0.4, 0.5) is 26.3 Å². The van der Waals surface area contributed by atoms with Crippen molar-refractivity contribution in [3.8, 4) is 0 Å². The van der Waals surface area contributed by atoms with Crippen LogP contribution in [0.5, 0.6) is 0 Å². The van der Waals surface area contributed by atoms with Crippen LogP contribution >= 0.6 is 0 Å². The van der Waals surface area contributed by atoms with Gasteiger partial charge in [-0.05, 0) is 50.4 Å². The van der Waals surface area contributed by atoms with Gasteiger partial charge in [-0.3, -0.25) is 4.79 Å². The molecule has 2 atom stereocenters. The highest BCUT2D eigenvalue weighted by molar-refractivity contribution is 5.76. The van der Waals surface area contributed by atoms with E-state index >= 15 is 0 Å². The van der Waals surface area contributed by atoms with Crippen molar-refractivity contribution in [1.82, 2.24) is 0 Å². The third-order valence-electron chi connectivity index (χ3n) is 6.65. The Bertz CT molecular complexity index is 546. The summed E-state index contributed by atoms with van der Waals surface area (Å²) >= 11 is 0. The van der Waals surface area contributed by atoms with Crippen molar-refractivity contribution in [2.75, 3.05) is 6.61 Å². The monoisotopic (exact) mass is 434 g/mol. The molecule has 0 aromatic heterocycles. The molecule has 9 heteroatoms. The minimum atomic E-state index is -5.79. The number of carbonyl (C=O) groups is 1. The van der Waals surface area contributed by atoms with Crippen molar-refractivity contribution in [2.24, 2.45) is 22.7 Å². The third kappa shape index (κ3) is 5.79. The predicted molar refractivity (Wildman–Crippen MR) is 95.9 cm³/mol. The second kappa shape index (κ2) is 8.63. The van der Waals surface area contributed by atoms with Gasteiger partial charge in [-0.25, -0.2) is 0 Å². The standard InChI is InChI=1S/C20H32F6O3/c1-16(2,3)17(4,5)15(27)29-11-7-10-13-8-6-9-14(13)12-18(28,19(21,22)23)20(24,25)26/h13-14,28H,6-12H2,1-5H3. The number of hydrogen-bond donors (Lipinski definition) is 1. The summed E-state index contributed by atoms with van der Waals surface area (Å²) in [6.07, 6.45) is -11.0. The molecule has 1 aliphatic rings. The first-order valence-electron chi connectivity index (χ1n) is 9.87. The Hall–Kier alpha value is -0.990. The Morgan fingerprint density at radius 2 is 1.41 bits per heavy atom. The summed E-state index contributed by atoms with van der Waals surface area (Å²) in [4.78, 5) is 12.3. The van der Waals surface area contributed by atoms with E-state index in [1.54, 1.807) is 13.8 Å². The Morgan fingerprint density at radius 3 is 1.86 bits per heavy atom. The maximum Gasteiger partial charge on any atom is 0.426 e. The fraction of sp³-hybridized carbons (Fsp3) is 0.950. The summed E-state index contributed by atoms with van der Waals surface area (Å²) in [6, 6.07) is 0. The lowest BCUT2D eigenvalue weighted by Crippen LogP contribution is -2.58. The molecule has 1 saturated carbocycles. The molecule has 0 aromatic carbocycles. The average Bonchev–Trinajstić information content (AvgIpc) is 2.94. The van der Waals surface area contributed by atoms with E-state index < -0.39 is 41.7 Å². The highest BCUT2D eigenvalue weighted by atomic mass is 19.4. The quantitative estimate of drug-likeness (QED) is 0.302. The summed E-state index contributed by atoms with van der Waals surface area (Å²) in [7, 11) is 0. The maximum atomic E-state index is 13.0. The molecule has 0 saturated heterocycles. The topological polar surface area (TPSA) is 46.5 Å². The van der Waals surface area contributed by atoms with Crippen LogP contribution in [0.25, 0.3) is 0 Å². The fourth-order valence-corrected chi connectivity index (χ4v) is 3.53. The summed E-state index contributed by atoms with van der Waals surface area (Å²) < 4.78 is 83.0. The first kappa shape index (κ1) is 26.0. The first-order chi connectivity index (χ1) is 12.8. The SMILES string of the molecule is CC(C)(C)C(C)(C)C(=O)OCCCC1CCCC1CC(O)(C(F)(F)F)C(F)(F)F. The van der Waals surface area contributed by atoms with E-state index in [1.165, 1.54) is 0 Å². The maximum absolute atomic E-state index is 13.0. The molecule has 0 radical (unpaired) electrons. The Labute approximate surface area is 168 Å². The van der Waals surface area contributed by atoms with E-state index in [4.69, 9.17) is 4.74 Å². The molecule has 3 nitrogen and oxygen atoms in total. The summed E-state index contributed by atoms with van der Waals surface area (Å²) in [6.45, 7) is 9.29. The van der Waals surface area contributed by atoms with Crippen LogP contribution in [0.2, 0.25) is 0 Å². The molecule has 1 fully saturated rings. The minimum absolute atomic E-state index is 0.0599. The van der Waals surface area contributed by atoms with Gasteiger partial charge in [0.15, 0.2) is 0 Å². The zero-order valence-corrected chi connectivity index (χ0v) is 17.6. The van der Waals surface area contributed by atoms with Crippen molar-refractivity contribution < 1.29 is 41.0 Å². The Kier molecular flexibility index (Phi) is 7.75. The first-order valence-corrected chi connectivity index (χ1v) is 9.87. The van der Waals surface area contributed by atoms with Gasteiger partial charge < -0.3 is 9.84 Å². The van der Waals surface area contributed by atoms with Gasteiger partial charge in [0.1, 0.15) is 0 Å². The van der Waals surface area contributed by atoms with Crippen LogP contribution < -0.4 is 0 Å². The Morgan fingerprint density at radius 1 is 0.931 bits per heavy atom. The van der Waals surface area contributed by atoms with Gasteiger partial charge in [-0.1, -0.05) is 40.0 Å². The molecular formula is C20H32F6O3. The van der Waals surface area contributed by atoms with Crippen molar-refractivity contribution in [3.63, 3.8) is 0 Å². The van der Waals surface area contributed by atoms with Gasteiger partial charge in [-0.2, -0.15) is 26.3 Å². The van der Waals surface area contributed by atoms with Gasteiger partial charge in [0.2, 0.25) is 0 Å². The van der Waals surface area contributed by atoms with Crippen molar-refractivity contribution in [2.45, 2.75) is 91.1 Å². The van der Waals surface area contributed by atoms with E-state index in [0.29, 0.717) is 25.7 Å². The van der Waals surface area contributed by atoms with Crippen LogP contribution in [0, 0.1) is 22.7 Å². The van der Waals surface area contributed by atoms with Crippen LogP contribution in [0.3, 0.4) is 0 Å². The number of aliphatic hydroxyl groups is 1. The zero-order valence-electron chi connectivity index (χ0n) is 17.6. The van der Waals surface area contributed by atoms with Crippen LogP contribution in [-0.2, 0) is 9.53 Å².